The van der Waals surface area contributed by atoms with Crippen LogP contribution in [0.5, 0.6) is 11.5 Å². The van der Waals surface area contributed by atoms with Crippen molar-refractivity contribution in [2.45, 2.75) is 4.90 Å². The molecule has 0 unspecified atom stereocenters. The van der Waals surface area contributed by atoms with E-state index in [0.717, 1.165) is 0 Å². The fourth-order valence-corrected chi connectivity index (χ4v) is 3.03. The Morgan fingerprint density at radius 3 is 2.30 bits per heavy atom. The lowest BCUT2D eigenvalue weighted by atomic mass is 10.1. The van der Waals surface area contributed by atoms with E-state index in [9.17, 15) is 18.6 Å². The van der Waals surface area contributed by atoms with Crippen molar-refractivity contribution in [1.82, 2.24) is 0 Å². The summed E-state index contributed by atoms with van der Waals surface area (Å²) >= 11 is 0. The average Bonchev–Trinajstić information content (AvgIpc) is 2.54. The van der Waals surface area contributed by atoms with Gasteiger partial charge < -0.3 is 19.7 Å². The number of hydrogen-bond donors (Lipinski definition) is 0. The molecule has 0 amide bonds. The van der Waals surface area contributed by atoms with Crippen molar-refractivity contribution in [2.24, 2.45) is 4.40 Å². The van der Waals surface area contributed by atoms with Crippen molar-refractivity contribution < 1.29 is 28.1 Å². The summed E-state index contributed by atoms with van der Waals surface area (Å²) in [7, 11) is -3.95. The summed E-state index contributed by atoms with van der Waals surface area (Å²) in [6.45, 7) is 0.757. The number of allylic oxidation sites excluding steroid dienone is 5. The molecule has 0 saturated heterocycles. The fourth-order valence-electron chi connectivity index (χ4n) is 2.03. The topological polar surface area (TPSA) is 111 Å². The van der Waals surface area contributed by atoms with Gasteiger partial charge in [-0.25, -0.2) is 0 Å². The standard InChI is InChI=1S/C15H13NO6S/c17-15(18)10-1-3-11(4-2-10)16-23(19,20)12-5-6-13-14(9-12)22-8-7-21-13/h1-6,9,17-18H,7-8H2/p-2. The quantitative estimate of drug-likeness (QED) is 0.684. The molecule has 23 heavy (non-hydrogen) atoms. The van der Waals surface area contributed by atoms with Crippen molar-refractivity contribution in [1.29, 1.82) is 0 Å². The highest BCUT2D eigenvalue weighted by Gasteiger charge is 2.19. The molecule has 2 aliphatic rings. The molecular formula is C15H11NO6S-2. The van der Waals surface area contributed by atoms with Crippen LogP contribution in [0.25, 0.3) is 0 Å². The number of nitrogens with zero attached hydrogens (tertiary/aromatic N) is 1. The van der Waals surface area contributed by atoms with Crippen LogP contribution < -0.4 is 19.7 Å². The fraction of sp³-hybridized carbons (Fsp3) is 0.133. The number of benzene rings is 1. The first-order valence-electron chi connectivity index (χ1n) is 6.65. The average molecular weight is 333 g/mol. The highest BCUT2D eigenvalue weighted by atomic mass is 32.2. The van der Waals surface area contributed by atoms with E-state index in [1.165, 1.54) is 42.5 Å². The molecule has 1 aliphatic heterocycles. The summed E-state index contributed by atoms with van der Waals surface area (Å²) in [5.74, 6) is -0.514. The third-order valence-electron chi connectivity index (χ3n) is 3.14. The highest BCUT2D eigenvalue weighted by Crippen LogP contribution is 2.32. The number of hydrogen-bond acceptors (Lipinski definition) is 6. The lowest BCUT2D eigenvalue weighted by Crippen LogP contribution is -2.20. The molecule has 3 rings (SSSR count). The minimum absolute atomic E-state index is 0.0364. The van der Waals surface area contributed by atoms with Gasteiger partial charge in [0.1, 0.15) is 13.2 Å². The van der Waals surface area contributed by atoms with Gasteiger partial charge in [0, 0.05) is 6.07 Å². The minimum atomic E-state index is -3.95. The van der Waals surface area contributed by atoms with E-state index in [1.807, 2.05) is 0 Å². The summed E-state index contributed by atoms with van der Waals surface area (Å²) < 4.78 is 39.0. The second kappa shape index (κ2) is 5.81. The summed E-state index contributed by atoms with van der Waals surface area (Å²) in [4.78, 5) is -0.0364. The van der Waals surface area contributed by atoms with E-state index in [4.69, 9.17) is 9.47 Å². The third kappa shape index (κ3) is 3.21. The second-order valence-electron chi connectivity index (χ2n) is 4.71. The van der Waals surface area contributed by atoms with Gasteiger partial charge in [-0.2, -0.15) is 18.8 Å². The molecule has 1 aromatic rings. The normalized spacial score (nSPS) is 16.3. The van der Waals surface area contributed by atoms with Crippen LogP contribution in [0.4, 0.5) is 0 Å². The van der Waals surface area contributed by atoms with Crippen LogP contribution in [0.2, 0.25) is 0 Å². The molecule has 8 heteroatoms. The molecule has 0 fully saturated rings. The summed E-state index contributed by atoms with van der Waals surface area (Å²) in [6.07, 6.45) is 5.04. The highest BCUT2D eigenvalue weighted by molar-refractivity contribution is 7.90. The zero-order valence-corrected chi connectivity index (χ0v) is 12.6. The lowest BCUT2D eigenvalue weighted by Gasteiger charge is -2.21. The van der Waals surface area contributed by atoms with E-state index in [-0.39, 0.29) is 16.2 Å². The van der Waals surface area contributed by atoms with Gasteiger partial charge >= 0.3 is 0 Å². The Balaban J connectivity index is 1.91. The third-order valence-corrected chi connectivity index (χ3v) is 4.44. The van der Waals surface area contributed by atoms with Crippen LogP contribution in [-0.2, 0) is 10.0 Å². The largest absolute Gasteiger partial charge is 0.884 e. The Kier molecular flexibility index (Phi) is 3.83. The van der Waals surface area contributed by atoms with Gasteiger partial charge in [-0.3, -0.25) is 0 Å². The molecular weight excluding hydrogens is 322 g/mol. The summed E-state index contributed by atoms with van der Waals surface area (Å²) in [6, 6.07) is 4.24. The Bertz CT molecular complexity index is 842. The van der Waals surface area contributed by atoms with Gasteiger partial charge in [-0.05, 0) is 29.9 Å². The molecule has 7 nitrogen and oxygen atoms in total. The van der Waals surface area contributed by atoms with Crippen LogP contribution in [0.1, 0.15) is 0 Å². The monoisotopic (exact) mass is 333 g/mol. The maximum absolute atomic E-state index is 12.3. The van der Waals surface area contributed by atoms with Crippen LogP contribution in [0.15, 0.2) is 63.3 Å². The van der Waals surface area contributed by atoms with Crippen LogP contribution >= 0.6 is 0 Å². The van der Waals surface area contributed by atoms with Crippen LogP contribution in [-0.4, -0.2) is 27.3 Å². The van der Waals surface area contributed by atoms with Crippen molar-refractivity contribution >= 4 is 15.7 Å². The number of rotatable bonds is 2. The number of fused-ring (bicyclic) bond motifs is 1. The molecule has 0 spiro atoms. The predicted molar refractivity (Wildman–Crippen MR) is 77.4 cm³/mol. The predicted octanol–water partition coefficient (Wildman–Crippen LogP) is -0.354. The summed E-state index contributed by atoms with van der Waals surface area (Å²) in [5, 5.41) is 21.3. The Hall–Kier alpha value is -2.74. The molecule has 0 aromatic heterocycles. The van der Waals surface area contributed by atoms with Crippen LogP contribution in [0, 0.1) is 0 Å². The van der Waals surface area contributed by atoms with Crippen LogP contribution in [0.3, 0.4) is 0 Å². The van der Waals surface area contributed by atoms with Crippen molar-refractivity contribution in [3.8, 4) is 11.5 Å². The second-order valence-corrected chi connectivity index (χ2v) is 6.31. The molecule has 0 bridgehead atoms. The molecule has 1 aliphatic carbocycles. The first-order valence-corrected chi connectivity index (χ1v) is 8.09. The molecule has 120 valence electrons. The zero-order valence-electron chi connectivity index (χ0n) is 11.8. The van der Waals surface area contributed by atoms with E-state index < -0.39 is 16.0 Å². The SMILES string of the molecule is O=S(=O)(N=C1C=CC(=C([O-])[O-])C=C1)c1ccc2c(c1)OCCO2. The number of sulfonamides is 1. The smallest absolute Gasteiger partial charge is 0.282 e. The van der Waals surface area contributed by atoms with E-state index in [1.54, 1.807) is 0 Å². The van der Waals surface area contributed by atoms with Gasteiger partial charge in [-0.15, -0.1) is 0 Å². The Morgan fingerprint density at radius 2 is 1.65 bits per heavy atom. The lowest BCUT2D eigenvalue weighted by molar-refractivity contribution is -0.514. The van der Waals surface area contributed by atoms with Crippen molar-refractivity contribution in [3.05, 3.63) is 54.0 Å². The first-order chi connectivity index (χ1) is 11.0. The van der Waals surface area contributed by atoms with E-state index in [2.05, 4.69) is 4.40 Å². The molecule has 0 atom stereocenters. The van der Waals surface area contributed by atoms with Gasteiger partial charge in [0.2, 0.25) is 0 Å². The summed E-state index contributed by atoms with van der Waals surface area (Å²) in [5.41, 5.74) is 0.0607. The molecule has 0 saturated carbocycles. The molecule has 0 N–H and O–H groups in total. The maximum atomic E-state index is 12.3. The first kappa shape index (κ1) is 15.2. The van der Waals surface area contributed by atoms with Gasteiger partial charge in [0.05, 0.1) is 10.6 Å². The van der Waals surface area contributed by atoms with E-state index in [0.29, 0.717) is 24.7 Å². The van der Waals surface area contributed by atoms with Gasteiger partial charge in [0.25, 0.3) is 10.0 Å². The Labute approximate surface area is 132 Å². The van der Waals surface area contributed by atoms with Crippen molar-refractivity contribution in [3.63, 3.8) is 0 Å². The number of ether oxygens (including phenoxy) is 2. The van der Waals surface area contributed by atoms with Gasteiger partial charge in [-0.1, -0.05) is 12.2 Å². The van der Waals surface area contributed by atoms with Crippen molar-refractivity contribution in [2.75, 3.05) is 13.2 Å². The maximum Gasteiger partial charge on any atom is 0.282 e. The molecule has 1 heterocycles. The van der Waals surface area contributed by atoms with E-state index >= 15 is 0 Å². The molecule has 1 aromatic carbocycles. The molecule has 0 radical (unpaired) electrons. The Morgan fingerprint density at radius 1 is 1.00 bits per heavy atom. The zero-order chi connectivity index (χ0) is 16.4. The minimum Gasteiger partial charge on any atom is -0.884 e. The van der Waals surface area contributed by atoms with Gasteiger partial charge in [0.15, 0.2) is 11.5 Å².